The van der Waals surface area contributed by atoms with Crippen LogP contribution in [0.1, 0.15) is 33.1 Å². The van der Waals surface area contributed by atoms with Gasteiger partial charge in [-0.3, -0.25) is 4.79 Å². The summed E-state index contributed by atoms with van der Waals surface area (Å²) in [4.78, 5) is 16.9. The van der Waals surface area contributed by atoms with Gasteiger partial charge in [0.2, 0.25) is 5.82 Å². The Hall–Kier alpha value is -3.24. The molecule has 10 heteroatoms. The molecule has 3 aromatic rings. The molecule has 0 bridgehead atoms. The van der Waals surface area contributed by atoms with Gasteiger partial charge in [-0.1, -0.05) is 23.8 Å². The van der Waals surface area contributed by atoms with Crippen molar-refractivity contribution in [2.75, 3.05) is 20.6 Å². The fourth-order valence-electron chi connectivity index (χ4n) is 3.06. The number of carbonyl (C=O) groups excluding carboxylic acids is 1. The first-order chi connectivity index (χ1) is 15.1. The molecule has 0 atom stereocenters. The number of aromatic nitrogens is 3. The molecule has 0 saturated carbocycles. The molecule has 0 fully saturated rings. The van der Waals surface area contributed by atoms with E-state index in [0.717, 1.165) is 22.8 Å². The van der Waals surface area contributed by atoms with Gasteiger partial charge in [-0.15, -0.1) is 5.10 Å². The number of sulfonamides is 1. The van der Waals surface area contributed by atoms with Crippen molar-refractivity contribution in [3.05, 3.63) is 70.6 Å². The lowest BCUT2D eigenvalue weighted by atomic mass is 10.0. The van der Waals surface area contributed by atoms with Crippen LogP contribution in [0.5, 0.6) is 0 Å². The third-order valence-corrected chi connectivity index (χ3v) is 6.03. The number of rotatable bonds is 8. The van der Waals surface area contributed by atoms with Crippen molar-refractivity contribution < 1.29 is 17.6 Å². The van der Waals surface area contributed by atoms with Crippen molar-refractivity contribution in [3.63, 3.8) is 0 Å². The molecule has 32 heavy (non-hydrogen) atoms. The van der Waals surface area contributed by atoms with Crippen LogP contribution in [-0.4, -0.2) is 61.2 Å². The molecule has 0 aliphatic rings. The highest BCUT2D eigenvalue weighted by Crippen LogP contribution is 2.22. The summed E-state index contributed by atoms with van der Waals surface area (Å²) in [5.41, 5.74) is 3.03. The van der Waals surface area contributed by atoms with Gasteiger partial charge in [-0.25, -0.2) is 14.1 Å². The Kier molecular flexibility index (Phi) is 6.95. The zero-order valence-electron chi connectivity index (χ0n) is 18.3. The third-order valence-electron chi connectivity index (χ3n) is 4.75. The van der Waals surface area contributed by atoms with E-state index in [1.165, 1.54) is 23.0 Å². The Morgan fingerprint density at radius 2 is 1.91 bits per heavy atom. The Morgan fingerprint density at radius 3 is 2.56 bits per heavy atom. The van der Waals surface area contributed by atoms with Crippen molar-refractivity contribution in [1.29, 1.82) is 0 Å². The molecule has 8 nitrogen and oxygen atoms in total. The van der Waals surface area contributed by atoms with E-state index in [0.29, 0.717) is 25.1 Å². The van der Waals surface area contributed by atoms with Gasteiger partial charge in [-0.05, 0) is 57.3 Å². The molecule has 0 spiro atoms. The Labute approximate surface area is 186 Å². The van der Waals surface area contributed by atoms with Crippen LogP contribution in [0.3, 0.4) is 0 Å². The van der Waals surface area contributed by atoms with E-state index in [1.807, 2.05) is 32.0 Å². The molecule has 0 unspecified atom stereocenters. The normalized spacial score (nSPS) is 12.1. The quantitative estimate of drug-likeness (QED) is 0.381. The molecular weight excluding hydrogens is 433 g/mol. The number of nitrogens with zero attached hydrogens (tertiary/aromatic N) is 5. The monoisotopic (exact) mass is 457 g/mol. The number of aldehydes is 1. The minimum Gasteiger partial charge on any atom is -0.304 e. The second-order valence-electron chi connectivity index (χ2n) is 7.66. The highest BCUT2D eigenvalue weighted by Gasteiger charge is 2.19. The number of aryl methyl sites for hydroxylation is 2. The number of hydrogen-bond donors (Lipinski definition) is 0. The molecule has 2 aromatic carbocycles. The molecule has 0 aliphatic heterocycles. The molecule has 0 N–H and O–H groups in total. The second kappa shape index (κ2) is 9.49. The van der Waals surface area contributed by atoms with Crippen molar-refractivity contribution in [1.82, 2.24) is 19.7 Å². The van der Waals surface area contributed by atoms with E-state index in [2.05, 4.69) is 14.5 Å². The first-order valence-electron chi connectivity index (χ1n) is 9.81. The summed E-state index contributed by atoms with van der Waals surface area (Å²) in [7, 11) is -0.500. The Bertz CT molecular complexity index is 1280. The average molecular weight is 458 g/mol. The molecule has 1 heterocycles. The van der Waals surface area contributed by atoms with Crippen LogP contribution in [0, 0.1) is 19.7 Å². The maximum Gasteiger partial charge on any atom is 0.282 e. The van der Waals surface area contributed by atoms with Crippen LogP contribution in [0.2, 0.25) is 0 Å². The SMILES string of the molecule is Cc1ccc(C)c(Cc2nc(C=O)nn2-c2ccc(S(=O)(=O)/N=C/CN(C)C)cc2F)c1. The smallest absolute Gasteiger partial charge is 0.282 e. The van der Waals surface area contributed by atoms with E-state index < -0.39 is 15.8 Å². The van der Waals surface area contributed by atoms with Crippen molar-refractivity contribution in [3.8, 4) is 5.69 Å². The average Bonchev–Trinajstić information content (AvgIpc) is 3.13. The number of benzene rings is 2. The lowest BCUT2D eigenvalue weighted by Crippen LogP contribution is -2.14. The van der Waals surface area contributed by atoms with Gasteiger partial charge in [-0.2, -0.15) is 12.8 Å². The van der Waals surface area contributed by atoms with Gasteiger partial charge in [0, 0.05) is 19.2 Å². The third kappa shape index (κ3) is 5.32. The topological polar surface area (TPSA) is 97.5 Å². The summed E-state index contributed by atoms with van der Waals surface area (Å²) >= 11 is 0. The fourth-order valence-corrected chi connectivity index (χ4v) is 3.93. The molecular formula is C22H24FN5O3S. The summed E-state index contributed by atoms with van der Waals surface area (Å²) in [5, 5.41) is 4.08. The number of hydrogen-bond acceptors (Lipinski definition) is 6. The molecule has 0 radical (unpaired) electrons. The lowest BCUT2D eigenvalue weighted by molar-refractivity contribution is 0.111. The highest BCUT2D eigenvalue weighted by atomic mass is 32.2. The fraction of sp³-hybridized carbons (Fsp3) is 0.273. The van der Waals surface area contributed by atoms with Gasteiger partial charge in [0.15, 0.2) is 6.29 Å². The van der Waals surface area contributed by atoms with Crippen molar-refractivity contribution in [2.45, 2.75) is 25.2 Å². The van der Waals surface area contributed by atoms with Crippen LogP contribution in [0.25, 0.3) is 5.69 Å². The summed E-state index contributed by atoms with van der Waals surface area (Å²) in [6, 6.07) is 9.39. The molecule has 1 aromatic heterocycles. The zero-order valence-corrected chi connectivity index (χ0v) is 19.1. The largest absolute Gasteiger partial charge is 0.304 e. The Morgan fingerprint density at radius 1 is 1.16 bits per heavy atom. The predicted molar refractivity (Wildman–Crippen MR) is 120 cm³/mol. The first-order valence-corrected chi connectivity index (χ1v) is 11.3. The standard InChI is InChI=1S/C22H24FN5O3S/c1-15-5-6-16(2)17(11-15)12-22-25-21(14-29)26-28(22)20-8-7-18(13-19(20)23)32(30,31)24-9-10-27(3)4/h5-9,11,13-14H,10,12H2,1-4H3/b24-9+. The molecule has 3 rings (SSSR count). The van der Waals surface area contributed by atoms with Crippen LogP contribution in [0.15, 0.2) is 45.7 Å². The van der Waals surface area contributed by atoms with Crippen LogP contribution in [0.4, 0.5) is 4.39 Å². The van der Waals surface area contributed by atoms with Gasteiger partial charge in [0.1, 0.15) is 17.3 Å². The number of carbonyl (C=O) groups is 1. The summed E-state index contributed by atoms with van der Waals surface area (Å²) in [6.45, 7) is 4.24. The minimum absolute atomic E-state index is 0.0119. The van der Waals surface area contributed by atoms with E-state index in [4.69, 9.17) is 0 Å². The van der Waals surface area contributed by atoms with Gasteiger partial charge in [0.25, 0.3) is 10.0 Å². The van der Waals surface area contributed by atoms with Crippen LogP contribution in [-0.2, 0) is 16.4 Å². The van der Waals surface area contributed by atoms with Gasteiger partial charge >= 0.3 is 0 Å². The van der Waals surface area contributed by atoms with Gasteiger partial charge in [0.05, 0.1) is 4.90 Å². The predicted octanol–water partition coefficient (Wildman–Crippen LogP) is 2.75. The summed E-state index contributed by atoms with van der Waals surface area (Å²) in [6.07, 6.45) is 2.05. The maximum atomic E-state index is 15.0. The minimum atomic E-state index is -4.04. The zero-order chi connectivity index (χ0) is 23.5. The van der Waals surface area contributed by atoms with Crippen LogP contribution >= 0.6 is 0 Å². The molecule has 0 amide bonds. The van der Waals surface area contributed by atoms with Crippen LogP contribution < -0.4 is 0 Å². The van der Waals surface area contributed by atoms with Crippen molar-refractivity contribution in [2.24, 2.45) is 4.40 Å². The molecule has 168 valence electrons. The van der Waals surface area contributed by atoms with E-state index in [1.54, 1.807) is 19.0 Å². The van der Waals surface area contributed by atoms with E-state index in [-0.39, 0.29) is 16.4 Å². The molecule has 0 saturated heterocycles. The first kappa shape index (κ1) is 23.4. The maximum absolute atomic E-state index is 15.0. The summed E-state index contributed by atoms with van der Waals surface area (Å²) < 4.78 is 44.6. The van der Waals surface area contributed by atoms with Gasteiger partial charge < -0.3 is 4.90 Å². The van der Waals surface area contributed by atoms with Crippen molar-refractivity contribution >= 4 is 22.5 Å². The second-order valence-corrected chi connectivity index (χ2v) is 9.29. The number of halogens is 1. The lowest BCUT2D eigenvalue weighted by Gasteiger charge is -2.10. The molecule has 0 aliphatic carbocycles. The van der Waals surface area contributed by atoms with E-state index in [9.17, 15) is 17.6 Å². The highest BCUT2D eigenvalue weighted by molar-refractivity contribution is 7.90. The summed E-state index contributed by atoms with van der Waals surface area (Å²) in [5.74, 6) is -0.549. The Balaban J connectivity index is 2.00. The van der Waals surface area contributed by atoms with E-state index >= 15 is 0 Å².